The number of nitrogens with one attached hydrogen (secondary N) is 1. The maximum absolute atomic E-state index is 15.9. The first-order chi connectivity index (χ1) is 19.0. The molecule has 1 aromatic carbocycles. The highest BCUT2D eigenvalue weighted by atomic mass is 35.5. The zero-order valence-electron chi connectivity index (χ0n) is 22.1. The number of rotatable bonds is 1. The first-order valence-electron chi connectivity index (χ1n) is 12.8. The minimum absolute atomic E-state index is 0.140. The van der Waals surface area contributed by atoms with Gasteiger partial charge in [-0.1, -0.05) is 23.2 Å². The Bertz CT molecular complexity index is 1550. The van der Waals surface area contributed by atoms with E-state index in [1.54, 1.807) is 11.1 Å². The van der Waals surface area contributed by atoms with E-state index in [1.165, 1.54) is 6.07 Å². The first kappa shape index (κ1) is 27.1. The van der Waals surface area contributed by atoms with Crippen LogP contribution in [-0.4, -0.2) is 52.2 Å². The number of anilines is 3. The maximum atomic E-state index is 15.9. The van der Waals surface area contributed by atoms with Gasteiger partial charge in [0.25, 0.3) is 0 Å². The molecule has 0 aliphatic carbocycles. The molecule has 4 atom stereocenters. The summed E-state index contributed by atoms with van der Waals surface area (Å²) in [7, 11) is 0. The molecule has 3 aliphatic heterocycles. The molecule has 3 aliphatic rings. The van der Waals surface area contributed by atoms with Crippen LogP contribution in [0.25, 0.3) is 11.3 Å². The topological polar surface area (TPSA) is 91.9 Å². The largest absolute Gasteiger partial charge is 0.397 e. The molecule has 1 fully saturated rings. The van der Waals surface area contributed by atoms with Gasteiger partial charge in [-0.25, -0.2) is 23.1 Å². The lowest BCUT2D eigenvalue weighted by Crippen LogP contribution is -2.57. The maximum Gasteiger partial charge on any atom is 0.236 e. The molecule has 210 valence electrons. The molecule has 2 aromatic heterocycles. The highest BCUT2D eigenvalue weighted by Crippen LogP contribution is 2.47. The van der Waals surface area contributed by atoms with Crippen molar-refractivity contribution in [2.24, 2.45) is 4.99 Å². The van der Waals surface area contributed by atoms with Gasteiger partial charge in [0.2, 0.25) is 6.35 Å². The molecule has 3 N–H and O–H groups in total. The number of nitrogens with two attached hydrogens (primary N) is 1. The molecule has 0 bridgehead atoms. The van der Waals surface area contributed by atoms with Gasteiger partial charge < -0.3 is 20.7 Å². The third kappa shape index (κ3) is 4.09. The summed E-state index contributed by atoms with van der Waals surface area (Å²) in [5.74, 6) is -2.65. The van der Waals surface area contributed by atoms with Crippen LogP contribution in [0.4, 0.5) is 30.4 Å². The summed E-state index contributed by atoms with van der Waals surface area (Å²) >= 11 is 11.9. The second kappa shape index (κ2) is 9.76. The van der Waals surface area contributed by atoms with E-state index >= 15 is 8.78 Å². The number of hydrogen-bond donors (Lipinski definition) is 2. The van der Waals surface area contributed by atoms with E-state index in [1.807, 2.05) is 19.9 Å². The Balaban J connectivity index is 1.63. The van der Waals surface area contributed by atoms with Gasteiger partial charge in [0.05, 0.1) is 28.2 Å². The van der Waals surface area contributed by atoms with E-state index in [0.717, 1.165) is 5.56 Å². The number of fused-ring (bicyclic) bond motifs is 5. The van der Waals surface area contributed by atoms with Gasteiger partial charge in [0.1, 0.15) is 33.5 Å². The lowest BCUT2D eigenvalue weighted by Gasteiger charge is -2.45. The van der Waals surface area contributed by atoms with Crippen molar-refractivity contribution in [2.75, 3.05) is 23.7 Å². The number of piperazine rings is 1. The van der Waals surface area contributed by atoms with Gasteiger partial charge in [-0.15, -0.1) is 0 Å². The Labute approximate surface area is 239 Å². The lowest BCUT2D eigenvalue weighted by atomic mass is 10.0. The fraction of sp³-hybridized carbons (Fsp3) is 0.370. The SMILES string of the molecule is Cc1ccnc2c1N1c3nc(-c4c(N)c(Cl)c(F)c(Cl)c4F)c(F)cc3C(N3C[C@@H](C)N[C@@H](C)C3)=NC1OC2C. The molecule has 6 rings (SSSR count). The van der Waals surface area contributed by atoms with Crippen molar-refractivity contribution in [2.45, 2.75) is 52.2 Å². The van der Waals surface area contributed by atoms with E-state index in [2.05, 4.69) is 34.0 Å². The highest BCUT2D eigenvalue weighted by molar-refractivity contribution is 6.37. The van der Waals surface area contributed by atoms with Crippen molar-refractivity contribution in [1.82, 2.24) is 20.2 Å². The van der Waals surface area contributed by atoms with E-state index in [9.17, 15) is 4.39 Å². The summed E-state index contributed by atoms with van der Waals surface area (Å²) in [6.07, 6.45) is 0.424. The molecule has 0 saturated carbocycles. The monoisotopic (exact) mass is 591 g/mol. The molecule has 8 nitrogen and oxygen atoms in total. The summed E-state index contributed by atoms with van der Waals surface area (Å²) in [4.78, 5) is 17.8. The van der Waals surface area contributed by atoms with Crippen molar-refractivity contribution < 1.29 is 17.9 Å². The summed E-state index contributed by atoms with van der Waals surface area (Å²) in [6, 6.07) is 3.35. The highest BCUT2D eigenvalue weighted by Gasteiger charge is 2.42. The minimum atomic E-state index is -1.26. The van der Waals surface area contributed by atoms with Crippen LogP contribution in [0.2, 0.25) is 10.0 Å². The fourth-order valence-electron chi connectivity index (χ4n) is 5.71. The third-order valence-electron chi connectivity index (χ3n) is 7.38. The van der Waals surface area contributed by atoms with E-state index in [4.69, 9.17) is 38.7 Å². The second-order valence-corrected chi connectivity index (χ2v) is 11.2. The number of amidine groups is 1. The Morgan fingerprint density at radius 2 is 1.77 bits per heavy atom. The van der Waals surface area contributed by atoms with E-state index < -0.39 is 56.9 Å². The summed E-state index contributed by atoms with van der Waals surface area (Å²) < 4.78 is 51.9. The standard InChI is InChI=1S/C27H26Cl2F3N7O/c1-10-5-6-34-22-13(4)40-27-37-25(38-8-11(2)35-12(3)9-38)14-7-15(30)23(36-26(14)39(27)24(10)22)16-19(31)17(28)20(32)18(29)21(16)33/h5-7,11-13,27,35H,8-9,33H2,1-4H3/t11-,12+,13?,27?. The van der Waals surface area contributed by atoms with Crippen LogP contribution in [0.1, 0.15) is 43.7 Å². The average molecular weight is 592 g/mol. The molecule has 3 aromatic rings. The first-order valence-corrected chi connectivity index (χ1v) is 13.5. The van der Waals surface area contributed by atoms with Crippen LogP contribution in [0.15, 0.2) is 23.3 Å². The Morgan fingerprint density at radius 3 is 2.48 bits per heavy atom. The van der Waals surface area contributed by atoms with Crippen molar-refractivity contribution >= 4 is 46.2 Å². The number of aromatic nitrogens is 2. The van der Waals surface area contributed by atoms with Gasteiger partial charge in [0.15, 0.2) is 17.5 Å². The summed E-state index contributed by atoms with van der Waals surface area (Å²) in [6.45, 7) is 9.12. The molecule has 0 radical (unpaired) electrons. The number of aryl methyl sites for hydroxylation is 1. The van der Waals surface area contributed by atoms with Crippen molar-refractivity contribution in [3.05, 3.63) is 62.6 Å². The van der Waals surface area contributed by atoms with Crippen molar-refractivity contribution in [3.8, 4) is 11.3 Å². The van der Waals surface area contributed by atoms with Gasteiger partial charge in [-0.05, 0) is 45.4 Å². The Kier molecular flexibility index (Phi) is 6.60. The average Bonchev–Trinajstić information content (AvgIpc) is 2.90. The quantitative estimate of drug-likeness (QED) is 0.212. The second-order valence-electron chi connectivity index (χ2n) is 10.4. The lowest BCUT2D eigenvalue weighted by molar-refractivity contribution is -0.00839. The number of halogens is 5. The molecule has 40 heavy (non-hydrogen) atoms. The van der Waals surface area contributed by atoms with Crippen LogP contribution in [0.5, 0.6) is 0 Å². The molecule has 2 unspecified atom stereocenters. The number of hydrogen-bond acceptors (Lipinski definition) is 8. The summed E-state index contributed by atoms with van der Waals surface area (Å²) in [5, 5.41) is 1.95. The zero-order chi connectivity index (χ0) is 28.6. The van der Waals surface area contributed by atoms with Crippen LogP contribution >= 0.6 is 23.2 Å². The number of aliphatic imine (C=N–C) groups is 1. The predicted molar refractivity (Wildman–Crippen MR) is 149 cm³/mol. The molecule has 0 spiro atoms. The molecule has 5 heterocycles. The van der Waals surface area contributed by atoms with Crippen LogP contribution in [0, 0.1) is 24.4 Å². The van der Waals surface area contributed by atoms with Crippen LogP contribution in [0.3, 0.4) is 0 Å². The number of nitrogen functional groups attached to an aromatic ring is 1. The molecule has 1 saturated heterocycles. The Morgan fingerprint density at radius 1 is 1.07 bits per heavy atom. The van der Waals surface area contributed by atoms with Crippen molar-refractivity contribution in [1.29, 1.82) is 0 Å². The number of benzene rings is 1. The van der Waals surface area contributed by atoms with E-state index in [-0.39, 0.29) is 17.9 Å². The zero-order valence-corrected chi connectivity index (χ0v) is 23.6. The fourth-order valence-corrected chi connectivity index (χ4v) is 6.13. The predicted octanol–water partition coefficient (Wildman–Crippen LogP) is 5.71. The smallest absolute Gasteiger partial charge is 0.236 e. The summed E-state index contributed by atoms with van der Waals surface area (Å²) in [5.41, 5.74) is 7.07. The van der Waals surface area contributed by atoms with Gasteiger partial charge in [-0.3, -0.25) is 9.88 Å². The van der Waals surface area contributed by atoms with Crippen LogP contribution in [-0.2, 0) is 4.74 Å². The van der Waals surface area contributed by atoms with Gasteiger partial charge in [0, 0.05) is 31.4 Å². The van der Waals surface area contributed by atoms with Crippen molar-refractivity contribution in [3.63, 3.8) is 0 Å². The molecule has 13 heteroatoms. The third-order valence-corrected chi connectivity index (χ3v) is 8.08. The number of nitrogens with zero attached hydrogens (tertiary/aromatic N) is 5. The van der Waals surface area contributed by atoms with Gasteiger partial charge >= 0.3 is 0 Å². The molecular weight excluding hydrogens is 566 g/mol. The number of ether oxygens (including phenoxy) is 1. The number of pyridine rings is 2. The van der Waals surface area contributed by atoms with Gasteiger partial charge in [-0.2, -0.15) is 0 Å². The molecular formula is C27H26Cl2F3N7O. The van der Waals surface area contributed by atoms with Crippen LogP contribution < -0.4 is 16.0 Å². The Hall–Kier alpha value is -3.12. The normalized spacial score (nSPS) is 23.9. The van der Waals surface area contributed by atoms with E-state index in [0.29, 0.717) is 35.9 Å². The molecule has 0 amide bonds. The minimum Gasteiger partial charge on any atom is -0.397 e.